The zero-order valence-corrected chi connectivity index (χ0v) is 12.1. The number of nitrogens with one attached hydrogen (secondary N) is 2. The fourth-order valence-electron chi connectivity index (χ4n) is 2.56. The van der Waals surface area contributed by atoms with E-state index < -0.39 is 4.92 Å². The fourth-order valence-corrected chi connectivity index (χ4v) is 2.78. The Morgan fingerprint density at radius 2 is 1.90 bits per heavy atom. The van der Waals surface area contributed by atoms with Crippen LogP contribution in [-0.4, -0.2) is 17.0 Å². The van der Waals surface area contributed by atoms with E-state index in [0.717, 1.165) is 0 Å². The molecule has 6 nitrogen and oxygen atoms in total. The smallest absolute Gasteiger partial charge is 0.319 e. The summed E-state index contributed by atoms with van der Waals surface area (Å²) in [4.78, 5) is 22.2. The second kappa shape index (κ2) is 5.52. The Labute approximate surface area is 127 Å². The summed E-state index contributed by atoms with van der Waals surface area (Å²) in [5.41, 5.74) is 0.282. The number of urea groups is 1. The molecule has 0 aliphatic heterocycles. The van der Waals surface area contributed by atoms with E-state index in [0.29, 0.717) is 17.5 Å². The van der Waals surface area contributed by atoms with E-state index >= 15 is 0 Å². The van der Waals surface area contributed by atoms with Crippen LogP contribution in [0.25, 0.3) is 0 Å². The van der Waals surface area contributed by atoms with Crippen LogP contribution in [-0.2, 0) is 0 Å². The van der Waals surface area contributed by atoms with Crippen molar-refractivity contribution in [2.24, 2.45) is 11.8 Å². The van der Waals surface area contributed by atoms with Crippen LogP contribution in [0.5, 0.6) is 0 Å². The van der Waals surface area contributed by atoms with E-state index in [-0.39, 0.29) is 22.8 Å². The van der Waals surface area contributed by atoms with Gasteiger partial charge in [0.15, 0.2) is 0 Å². The minimum absolute atomic E-state index is 0.0974. The molecule has 2 aliphatic carbocycles. The SMILES string of the molecule is O=C(Nc1ccc([N+](=O)[O-])cc1Cl)NC(C1CC1)C1CC1. The largest absolute Gasteiger partial charge is 0.335 e. The second-order valence-corrected chi connectivity index (χ2v) is 6.13. The first kappa shape index (κ1) is 14.1. The lowest BCUT2D eigenvalue weighted by atomic mass is 10.1. The third-order valence-electron chi connectivity index (χ3n) is 3.97. The Bertz CT molecular complexity index is 573. The van der Waals surface area contributed by atoms with Gasteiger partial charge in [-0.3, -0.25) is 10.1 Å². The number of amides is 2. The van der Waals surface area contributed by atoms with E-state index in [4.69, 9.17) is 11.6 Å². The molecule has 0 heterocycles. The molecule has 0 aromatic heterocycles. The van der Waals surface area contributed by atoms with Crippen LogP contribution < -0.4 is 10.6 Å². The number of halogens is 1. The van der Waals surface area contributed by atoms with Crippen molar-refractivity contribution in [3.8, 4) is 0 Å². The van der Waals surface area contributed by atoms with Crippen molar-refractivity contribution >= 4 is 29.0 Å². The van der Waals surface area contributed by atoms with Gasteiger partial charge in [0, 0.05) is 18.2 Å². The normalized spacial score (nSPS) is 17.6. The first-order valence-electron chi connectivity index (χ1n) is 7.06. The quantitative estimate of drug-likeness (QED) is 0.644. The first-order chi connectivity index (χ1) is 10.0. The molecular formula is C14H16ClN3O3. The fraction of sp³-hybridized carbons (Fsp3) is 0.500. The van der Waals surface area contributed by atoms with Gasteiger partial charge in [-0.25, -0.2) is 4.79 Å². The number of benzene rings is 1. The molecule has 0 bridgehead atoms. The second-order valence-electron chi connectivity index (χ2n) is 5.72. The van der Waals surface area contributed by atoms with Crippen LogP contribution in [0, 0.1) is 22.0 Å². The van der Waals surface area contributed by atoms with Crippen molar-refractivity contribution < 1.29 is 9.72 Å². The van der Waals surface area contributed by atoms with Gasteiger partial charge in [-0.1, -0.05) is 11.6 Å². The lowest BCUT2D eigenvalue weighted by Gasteiger charge is -2.18. The summed E-state index contributed by atoms with van der Waals surface area (Å²) in [5, 5.41) is 16.5. The van der Waals surface area contributed by atoms with Crippen molar-refractivity contribution in [3.63, 3.8) is 0 Å². The zero-order valence-electron chi connectivity index (χ0n) is 11.3. The molecule has 2 fully saturated rings. The van der Waals surface area contributed by atoms with Crippen molar-refractivity contribution in [3.05, 3.63) is 33.3 Å². The summed E-state index contributed by atoms with van der Waals surface area (Å²) in [6, 6.07) is 3.96. The van der Waals surface area contributed by atoms with E-state index in [9.17, 15) is 14.9 Å². The summed E-state index contributed by atoms with van der Waals surface area (Å²) in [5.74, 6) is 1.21. The molecule has 0 atom stereocenters. The van der Waals surface area contributed by atoms with Gasteiger partial charge in [0.25, 0.3) is 5.69 Å². The van der Waals surface area contributed by atoms with Gasteiger partial charge in [0.05, 0.1) is 15.6 Å². The van der Waals surface area contributed by atoms with Crippen LogP contribution in [0.1, 0.15) is 25.7 Å². The van der Waals surface area contributed by atoms with E-state index in [1.165, 1.54) is 43.9 Å². The molecule has 0 radical (unpaired) electrons. The number of nitrogens with zero attached hydrogens (tertiary/aromatic N) is 1. The average molecular weight is 310 g/mol. The third-order valence-corrected chi connectivity index (χ3v) is 4.28. The molecule has 1 aromatic carbocycles. The Kier molecular flexibility index (Phi) is 3.71. The molecule has 7 heteroatoms. The van der Waals surface area contributed by atoms with Gasteiger partial charge in [-0.15, -0.1) is 0 Å². The van der Waals surface area contributed by atoms with E-state index in [2.05, 4.69) is 10.6 Å². The summed E-state index contributed by atoms with van der Waals surface area (Å²) in [6.07, 6.45) is 4.72. The van der Waals surface area contributed by atoms with Crippen LogP contribution in [0.15, 0.2) is 18.2 Å². The Hall–Kier alpha value is -1.82. The number of carbonyl (C=O) groups excluding carboxylic acids is 1. The molecule has 0 spiro atoms. The Morgan fingerprint density at radius 1 is 1.29 bits per heavy atom. The van der Waals surface area contributed by atoms with Crippen molar-refractivity contribution in [1.29, 1.82) is 0 Å². The highest BCUT2D eigenvalue weighted by Crippen LogP contribution is 2.44. The number of carbonyl (C=O) groups is 1. The number of nitro groups is 1. The molecule has 3 rings (SSSR count). The van der Waals surface area contributed by atoms with Gasteiger partial charge in [0.1, 0.15) is 0 Å². The number of rotatable bonds is 5. The molecule has 2 saturated carbocycles. The third kappa shape index (κ3) is 3.44. The van der Waals surface area contributed by atoms with Crippen LogP contribution in [0.3, 0.4) is 0 Å². The standard InChI is InChI=1S/C14H16ClN3O3/c15-11-7-10(18(20)21)5-6-12(11)16-14(19)17-13(8-1-2-8)9-3-4-9/h5-9,13H,1-4H2,(H2,16,17,19). The molecule has 0 saturated heterocycles. The molecule has 2 amide bonds. The van der Waals surface area contributed by atoms with E-state index in [1.54, 1.807) is 0 Å². The Balaban J connectivity index is 1.62. The molecule has 2 aliphatic rings. The lowest BCUT2D eigenvalue weighted by Crippen LogP contribution is -2.40. The highest BCUT2D eigenvalue weighted by atomic mass is 35.5. The van der Waals surface area contributed by atoms with Crippen LogP contribution >= 0.6 is 11.6 Å². The van der Waals surface area contributed by atoms with Gasteiger partial charge < -0.3 is 10.6 Å². The van der Waals surface area contributed by atoms with Gasteiger partial charge in [0.2, 0.25) is 0 Å². The topological polar surface area (TPSA) is 84.3 Å². The Morgan fingerprint density at radius 3 is 2.38 bits per heavy atom. The predicted octanol–water partition coefficient (Wildman–Crippen LogP) is 3.56. The number of anilines is 1. The lowest BCUT2D eigenvalue weighted by molar-refractivity contribution is -0.384. The van der Waals surface area contributed by atoms with Crippen LogP contribution in [0.2, 0.25) is 5.02 Å². The highest BCUT2D eigenvalue weighted by molar-refractivity contribution is 6.33. The predicted molar refractivity (Wildman–Crippen MR) is 79.5 cm³/mol. The highest BCUT2D eigenvalue weighted by Gasteiger charge is 2.42. The minimum Gasteiger partial charge on any atom is -0.335 e. The van der Waals surface area contributed by atoms with Crippen LogP contribution in [0.4, 0.5) is 16.2 Å². The monoisotopic (exact) mass is 309 g/mol. The summed E-state index contributed by atoms with van der Waals surface area (Å²) < 4.78 is 0. The molecule has 21 heavy (non-hydrogen) atoms. The minimum atomic E-state index is -0.522. The average Bonchev–Trinajstić information content (AvgIpc) is 3.30. The number of nitro benzene ring substituents is 1. The van der Waals surface area contributed by atoms with Crippen molar-refractivity contribution in [1.82, 2.24) is 5.32 Å². The maximum absolute atomic E-state index is 12.0. The maximum atomic E-state index is 12.0. The number of hydrogen-bond acceptors (Lipinski definition) is 3. The maximum Gasteiger partial charge on any atom is 0.319 e. The summed E-state index contributed by atoms with van der Waals surface area (Å²) in [6.45, 7) is 0. The summed E-state index contributed by atoms with van der Waals surface area (Å²) in [7, 11) is 0. The molecule has 2 N–H and O–H groups in total. The van der Waals surface area contributed by atoms with Gasteiger partial charge in [-0.2, -0.15) is 0 Å². The van der Waals surface area contributed by atoms with Crippen molar-refractivity contribution in [2.75, 3.05) is 5.32 Å². The van der Waals surface area contributed by atoms with Gasteiger partial charge >= 0.3 is 6.03 Å². The zero-order chi connectivity index (χ0) is 15.0. The first-order valence-corrected chi connectivity index (χ1v) is 7.44. The number of hydrogen-bond donors (Lipinski definition) is 2. The van der Waals surface area contributed by atoms with Gasteiger partial charge in [-0.05, 0) is 43.6 Å². The molecule has 112 valence electrons. The van der Waals surface area contributed by atoms with E-state index in [1.807, 2.05) is 0 Å². The molecule has 1 aromatic rings. The van der Waals surface area contributed by atoms with Crippen molar-refractivity contribution in [2.45, 2.75) is 31.7 Å². The summed E-state index contributed by atoms with van der Waals surface area (Å²) >= 11 is 5.96. The molecular weight excluding hydrogens is 294 g/mol. The molecule has 0 unspecified atom stereocenters. The number of non-ortho nitro benzene ring substituents is 1.